The summed E-state index contributed by atoms with van der Waals surface area (Å²) in [7, 11) is 3.92. The van der Waals surface area contributed by atoms with Gasteiger partial charge in [0, 0.05) is 24.5 Å². The van der Waals surface area contributed by atoms with Crippen LogP contribution in [0.4, 0.5) is 0 Å². The SMILES string of the molecule is CCCCOc1ccc(C2/C(=C(\O)c3ccncc3)C(=O)C(=O)N2CCCN(C)C)cc1OCC. The molecule has 1 aromatic heterocycles. The van der Waals surface area contributed by atoms with Gasteiger partial charge in [0.2, 0.25) is 0 Å². The van der Waals surface area contributed by atoms with Crippen LogP contribution < -0.4 is 9.47 Å². The van der Waals surface area contributed by atoms with E-state index in [0.29, 0.717) is 48.8 Å². The predicted molar refractivity (Wildman–Crippen MR) is 134 cm³/mol. The van der Waals surface area contributed by atoms with Gasteiger partial charge >= 0.3 is 0 Å². The average molecular weight is 482 g/mol. The predicted octanol–water partition coefficient (Wildman–Crippen LogP) is 4.03. The summed E-state index contributed by atoms with van der Waals surface area (Å²) in [5.74, 6) is -0.375. The number of benzene rings is 1. The number of carbonyl (C=O) groups is 2. The fourth-order valence-electron chi connectivity index (χ4n) is 4.09. The monoisotopic (exact) mass is 481 g/mol. The first-order valence-electron chi connectivity index (χ1n) is 12.1. The number of carbonyl (C=O) groups excluding carboxylic acids is 2. The number of hydrogen-bond acceptors (Lipinski definition) is 7. The van der Waals surface area contributed by atoms with Gasteiger partial charge < -0.3 is 24.4 Å². The van der Waals surface area contributed by atoms with Crippen molar-refractivity contribution >= 4 is 17.4 Å². The summed E-state index contributed by atoms with van der Waals surface area (Å²) < 4.78 is 11.7. The lowest BCUT2D eigenvalue weighted by Crippen LogP contribution is -2.32. The van der Waals surface area contributed by atoms with Crippen molar-refractivity contribution in [2.45, 2.75) is 39.2 Å². The van der Waals surface area contributed by atoms with E-state index >= 15 is 0 Å². The van der Waals surface area contributed by atoms with Gasteiger partial charge in [-0.2, -0.15) is 0 Å². The minimum Gasteiger partial charge on any atom is -0.507 e. The lowest BCUT2D eigenvalue weighted by molar-refractivity contribution is -0.139. The van der Waals surface area contributed by atoms with Gasteiger partial charge in [-0.25, -0.2) is 0 Å². The number of ether oxygens (including phenoxy) is 2. The second-order valence-corrected chi connectivity index (χ2v) is 8.73. The Balaban J connectivity index is 2.08. The van der Waals surface area contributed by atoms with Crippen molar-refractivity contribution in [2.75, 3.05) is 40.4 Å². The number of aliphatic hydroxyl groups is 1. The Morgan fingerprint density at radius 1 is 1.06 bits per heavy atom. The number of hydrogen-bond donors (Lipinski definition) is 1. The lowest BCUT2D eigenvalue weighted by Gasteiger charge is -2.26. The first-order valence-corrected chi connectivity index (χ1v) is 12.1. The number of nitrogens with zero attached hydrogens (tertiary/aromatic N) is 3. The Labute approximate surface area is 207 Å². The Bertz CT molecular complexity index is 1050. The van der Waals surface area contributed by atoms with E-state index in [4.69, 9.17) is 9.47 Å². The van der Waals surface area contributed by atoms with E-state index in [1.165, 1.54) is 12.4 Å². The molecule has 0 aliphatic carbocycles. The number of ketones is 1. The van der Waals surface area contributed by atoms with Crippen LogP contribution in [0.15, 0.2) is 48.3 Å². The van der Waals surface area contributed by atoms with Crippen LogP contribution >= 0.6 is 0 Å². The maximum absolute atomic E-state index is 13.2. The van der Waals surface area contributed by atoms with Crippen LogP contribution in [0.2, 0.25) is 0 Å². The summed E-state index contributed by atoms with van der Waals surface area (Å²) in [6, 6.07) is 7.93. The van der Waals surface area contributed by atoms with E-state index in [1.807, 2.05) is 38.1 Å². The minimum atomic E-state index is -0.741. The van der Waals surface area contributed by atoms with Crippen molar-refractivity contribution < 1.29 is 24.2 Å². The van der Waals surface area contributed by atoms with E-state index in [1.54, 1.807) is 23.1 Å². The smallest absolute Gasteiger partial charge is 0.295 e. The third-order valence-corrected chi connectivity index (χ3v) is 5.84. The second-order valence-electron chi connectivity index (χ2n) is 8.73. The van der Waals surface area contributed by atoms with Crippen LogP contribution in [0.3, 0.4) is 0 Å². The molecule has 1 atom stereocenters. The van der Waals surface area contributed by atoms with Crippen molar-refractivity contribution in [3.63, 3.8) is 0 Å². The summed E-state index contributed by atoms with van der Waals surface area (Å²) in [5.41, 5.74) is 1.17. The molecule has 1 saturated heterocycles. The number of unbranched alkanes of at least 4 members (excludes halogenated alkanes) is 1. The van der Waals surface area contributed by atoms with Crippen LogP contribution in [0.1, 0.15) is 50.3 Å². The highest BCUT2D eigenvalue weighted by atomic mass is 16.5. The normalized spacial score (nSPS) is 17.3. The highest BCUT2D eigenvalue weighted by Gasteiger charge is 2.46. The van der Waals surface area contributed by atoms with E-state index < -0.39 is 17.7 Å². The molecular formula is C27H35N3O5. The first-order chi connectivity index (χ1) is 16.9. The molecule has 1 unspecified atom stereocenters. The van der Waals surface area contributed by atoms with Gasteiger partial charge in [-0.05, 0) is 70.2 Å². The molecule has 0 saturated carbocycles. The molecule has 8 nitrogen and oxygen atoms in total. The summed E-state index contributed by atoms with van der Waals surface area (Å²) in [6.07, 6.45) is 5.69. The number of aliphatic hydroxyl groups excluding tert-OH is 1. The first kappa shape index (κ1) is 26.2. The number of rotatable bonds is 12. The summed E-state index contributed by atoms with van der Waals surface area (Å²) in [6.45, 7) is 6.12. The number of pyridine rings is 1. The molecule has 0 radical (unpaired) electrons. The zero-order chi connectivity index (χ0) is 25.4. The summed E-state index contributed by atoms with van der Waals surface area (Å²) in [4.78, 5) is 33.8. The number of aromatic nitrogens is 1. The van der Waals surface area contributed by atoms with E-state index in [2.05, 4.69) is 11.9 Å². The molecule has 1 aliphatic rings. The zero-order valence-electron chi connectivity index (χ0n) is 21.0. The zero-order valence-corrected chi connectivity index (χ0v) is 21.0. The molecular weight excluding hydrogens is 446 g/mol. The molecule has 1 N–H and O–H groups in total. The van der Waals surface area contributed by atoms with E-state index in [9.17, 15) is 14.7 Å². The standard InChI is InChI=1S/C27H35N3O5/c1-5-7-17-35-21-10-9-20(18-22(21)34-6-2)24-23(25(31)19-11-13-28-14-12-19)26(32)27(33)30(24)16-8-15-29(3)4/h9-14,18,24,31H,5-8,15-17H2,1-4H3/b25-23+. The molecule has 1 aliphatic heterocycles. The molecule has 1 fully saturated rings. The Morgan fingerprint density at radius 3 is 2.46 bits per heavy atom. The van der Waals surface area contributed by atoms with Crippen LogP contribution in [0, 0.1) is 0 Å². The Morgan fingerprint density at radius 2 is 1.80 bits per heavy atom. The third-order valence-electron chi connectivity index (χ3n) is 5.84. The van der Waals surface area contributed by atoms with E-state index in [-0.39, 0.29) is 11.3 Å². The molecule has 35 heavy (non-hydrogen) atoms. The fraction of sp³-hybridized carbons (Fsp3) is 0.444. The minimum absolute atomic E-state index is 0.0631. The van der Waals surface area contributed by atoms with Crippen LogP contribution in [-0.2, 0) is 9.59 Å². The topological polar surface area (TPSA) is 92.2 Å². The number of amides is 1. The highest BCUT2D eigenvalue weighted by molar-refractivity contribution is 6.46. The fourth-order valence-corrected chi connectivity index (χ4v) is 4.09. The largest absolute Gasteiger partial charge is 0.507 e. The summed E-state index contributed by atoms with van der Waals surface area (Å²) >= 11 is 0. The maximum Gasteiger partial charge on any atom is 0.295 e. The average Bonchev–Trinajstić information content (AvgIpc) is 3.10. The second kappa shape index (κ2) is 12.4. The van der Waals surface area contributed by atoms with Gasteiger partial charge in [0.25, 0.3) is 11.7 Å². The molecule has 0 spiro atoms. The maximum atomic E-state index is 13.2. The van der Waals surface area contributed by atoms with Crippen LogP contribution in [-0.4, -0.2) is 72.0 Å². The third kappa shape index (κ3) is 6.19. The molecule has 188 valence electrons. The van der Waals surface area contributed by atoms with Crippen molar-refractivity contribution in [2.24, 2.45) is 0 Å². The van der Waals surface area contributed by atoms with Gasteiger partial charge in [-0.15, -0.1) is 0 Å². The molecule has 3 rings (SSSR count). The number of Topliss-reactive ketones (excluding diaryl/α,β-unsaturated/α-hetero) is 1. The highest BCUT2D eigenvalue weighted by Crippen LogP contribution is 2.42. The van der Waals surface area contributed by atoms with E-state index in [0.717, 1.165) is 19.4 Å². The van der Waals surface area contributed by atoms with Crippen molar-refractivity contribution in [1.82, 2.24) is 14.8 Å². The molecule has 2 heterocycles. The summed E-state index contributed by atoms with van der Waals surface area (Å²) in [5, 5.41) is 11.1. The van der Waals surface area contributed by atoms with Gasteiger partial charge in [0.15, 0.2) is 11.5 Å². The number of likely N-dealkylation sites (tertiary alicyclic amines) is 1. The van der Waals surface area contributed by atoms with Crippen molar-refractivity contribution in [3.8, 4) is 11.5 Å². The van der Waals surface area contributed by atoms with Crippen molar-refractivity contribution in [1.29, 1.82) is 0 Å². The molecule has 0 bridgehead atoms. The molecule has 1 amide bonds. The molecule has 8 heteroatoms. The Kier molecular flexibility index (Phi) is 9.25. The quantitative estimate of drug-likeness (QED) is 0.212. The van der Waals surface area contributed by atoms with Crippen LogP contribution in [0.25, 0.3) is 5.76 Å². The Hall–Kier alpha value is -3.39. The molecule has 1 aromatic carbocycles. The van der Waals surface area contributed by atoms with Gasteiger partial charge in [-0.3, -0.25) is 14.6 Å². The van der Waals surface area contributed by atoms with Gasteiger partial charge in [0.1, 0.15) is 5.76 Å². The lowest BCUT2D eigenvalue weighted by atomic mass is 9.95. The molecule has 2 aromatic rings. The van der Waals surface area contributed by atoms with Crippen molar-refractivity contribution in [3.05, 3.63) is 59.4 Å². The van der Waals surface area contributed by atoms with Crippen LogP contribution in [0.5, 0.6) is 11.5 Å². The van der Waals surface area contributed by atoms with Gasteiger partial charge in [0.05, 0.1) is 24.8 Å². The van der Waals surface area contributed by atoms with Gasteiger partial charge in [-0.1, -0.05) is 19.4 Å².